The topological polar surface area (TPSA) is 3.88 Å². The van der Waals surface area contributed by atoms with Gasteiger partial charge < -0.3 is 0 Å². The van der Waals surface area contributed by atoms with E-state index < -0.39 is 0 Å². The highest BCUT2D eigenvalue weighted by atomic mass is 14.9. The molecule has 3 aromatic rings. The second kappa shape index (κ2) is 6.54. The highest BCUT2D eigenvalue weighted by Gasteiger charge is 2.22. The number of aromatic nitrogens is 1. The summed E-state index contributed by atoms with van der Waals surface area (Å²) in [6, 6.07) is 12.2. The third-order valence-electron chi connectivity index (χ3n) is 5.83. The maximum absolute atomic E-state index is 8.72. The molecular weight excluding hydrogens is 314 g/mol. The van der Waals surface area contributed by atoms with E-state index in [0.717, 1.165) is 17.5 Å². The fourth-order valence-electron chi connectivity index (χ4n) is 4.46. The summed E-state index contributed by atoms with van der Waals surface area (Å²) in [5, 5.41) is 2.28. The van der Waals surface area contributed by atoms with E-state index in [9.17, 15) is 0 Å². The fraction of sp³-hybridized carbons (Fsp3) is 0.400. The van der Waals surface area contributed by atoms with Crippen molar-refractivity contribution >= 4 is 10.8 Å². The summed E-state index contributed by atoms with van der Waals surface area (Å²) in [4.78, 5) is 0. The Kier molecular flexibility index (Phi) is 4.04. The van der Waals surface area contributed by atoms with Crippen LogP contribution in [0, 0.1) is 19.8 Å². The van der Waals surface area contributed by atoms with Gasteiger partial charge in [0.1, 0.15) is 7.05 Å². The van der Waals surface area contributed by atoms with E-state index in [0.29, 0.717) is 12.0 Å². The minimum absolute atomic E-state index is 0.621. The zero-order valence-electron chi connectivity index (χ0n) is 17.7. The first-order valence-electron chi connectivity index (χ1n) is 10.4. The Morgan fingerprint density at radius 3 is 2.54 bits per heavy atom. The molecule has 0 unspecified atom stereocenters. The van der Waals surface area contributed by atoms with Crippen molar-refractivity contribution in [2.24, 2.45) is 13.0 Å². The quantitative estimate of drug-likeness (QED) is 0.541. The van der Waals surface area contributed by atoms with Gasteiger partial charge in [-0.15, -0.1) is 0 Å². The molecule has 0 amide bonds. The average molecular weight is 346 g/mol. The fourth-order valence-corrected chi connectivity index (χ4v) is 4.46. The van der Waals surface area contributed by atoms with E-state index in [1.807, 2.05) is 0 Å². The van der Waals surface area contributed by atoms with Crippen molar-refractivity contribution in [2.75, 3.05) is 0 Å². The lowest BCUT2D eigenvalue weighted by atomic mass is 9.93. The summed E-state index contributed by atoms with van der Waals surface area (Å²) in [5.74, 6) is 0.621. The zero-order valence-corrected chi connectivity index (χ0v) is 16.7. The van der Waals surface area contributed by atoms with Crippen LogP contribution in [0.2, 0.25) is 0 Å². The van der Waals surface area contributed by atoms with Gasteiger partial charge in [0, 0.05) is 13.0 Å². The molecule has 0 N–H and O–H groups in total. The molecule has 2 aromatic carbocycles. The number of aryl methyl sites for hydroxylation is 3. The normalized spacial score (nSPS) is 14.2. The number of nitrogens with zero attached hydrogens (tertiary/aromatic N) is 1. The molecule has 4 rings (SSSR count). The minimum Gasteiger partial charge on any atom is -0.198 e. The first kappa shape index (κ1) is 16.1. The van der Waals surface area contributed by atoms with Crippen molar-refractivity contribution in [2.45, 2.75) is 53.4 Å². The second-order valence-corrected chi connectivity index (χ2v) is 8.39. The zero-order chi connectivity index (χ0) is 19.3. The molecule has 0 saturated carbocycles. The van der Waals surface area contributed by atoms with E-state index in [2.05, 4.69) is 69.6 Å². The summed E-state index contributed by atoms with van der Waals surface area (Å²) >= 11 is 0. The molecule has 0 spiro atoms. The van der Waals surface area contributed by atoms with Crippen molar-refractivity contribution in [1.29, 1.82) is 0 Å². The monoisotopic (exact) mass is 345 g/mol. The van der Waals surface area contributed by atoms with Crippen LogP contribution in [0.1, 0.15) is 49.6 Å². The highest BCUT2D eigenvalue weighted by molar-refractivity contribution is 5.94. The van der Waals surface area contributed by atoms with Crippen molar-refractivity contribution < 1.29 is 5.94 Å². The van der Waals surface area contributed by atoms with Crippen LogP contribution in [0.3, 0.4) is 0 Å². The smallest absolute Gasteiger partial charge is 0.198 e. The Labute approximate surface area is 159 Å². The number of rotatable bonds is 3. The number of hydrogen-bond acceptors (Lipinski definition) is 0. The SMILES string of the molecule is [2H]c1c(C)[n+](C)c(-c2cc3c(cc2C)CCC3)c2ccc(CC(C)C)cc12. The van der Waals surface area contributed by atoms with Gasteiger partial charge in [-0.3, -0.25) is 0 Å². The summed E-state index contributed by atoms with van der Waals surface area (Å²) in [6.07, 6.45) is 4.74. The van der Waals surface area contributed by atoms with E-state index >= 15 is 0 Å². The standard InChI is InChI=1S/C25H30N/c1-16(2)11-19-9-10-23-22(14-19)13-18(4)26(5)25(23)24-15-21-8-6-7-20(21)12-17(24)3/h9-10,12-16H,6-8,11H2,1-5H3/q+1/i13D. The van der Waals surface area contributed by atoms with Crippen LogP contribution >= 0.6 is 0 Å². The first-order valence-corrected chi connectivity index (χ1v) is 9.91. The van der Waals surface area contributed by atoms with Crippen molar-refractivity contribution in [3.05, 3.63) is 64.3 Å². The van der Waals surface area contributed by atoms with Gasteiger partial charge in [0.2, 0.25) is 5.69 Å². The molecule has 1 aromatic heterocycles. The average Bonchev–Trinajstić information content (AvgIpc) is 3.07. The third kappa shape index (κ3) is 2.94. The number of fused-ring (bicyclic) bond motifs is 2. The molecule has 1 aliphatic carbocycles. The Balaban J connectivity index is 2.01. The first-order chi connectivity index (χ1) is 12.9. The van der Waals surface area contributed by atoms with Gasteiger partial charge in [-0.25, -0.2) is 0 Å². The molecule has 26 heavy (non-hydrogen) atoms. The van der Waals surface area contributed by atoms with Crippen molar-refractivity contribution in [3.63, 3.8) is 0 Å². The lowest BCUT2D eigenvalue weighted by Gasteiger charge is -2.13. The van der Waals surface area contributed by atoms with Crippen LogP contribution < -0.4 is 4.57 Å². The molecule has 0 radical (unpaired) electrons. The van der Waals surface area contributed by atoms with Gasteiger partial charge in [0.25, 0.3) is 0 Å². The Bertz CT molecular complexity index is 1050. The Morgan fingerprint density at radius 2 is 1.81 bits per heavy atom. The molecule has 0 atom stereocenters. The molecule has 0 bridgehead atoms. The maximum atomic E-state index is 8.72. The summed E-state index contributed by atoms with van der Waals surface area (Å²) in [5.41, 5.74) is 9.31. The molecule has 0 fully saturated rings. The van der Waals surface area contributed by atoms with E-state index in [4.69, 9.17) is 1.37 Å². The van der Waals surface area contributed by atoms with E-state index in [1.54, 1.807) is 0 Å². The van der Waals surface area contributed by atoms with Gasteiger partial charge in [0.15, 0.2) is 5.69 Å². The molecular formula is C25H30N+. The van der Waals surface area contributed by atoms with Crippen LogP contribution in [-0.4, -0.2) is 0 Å². The molecule has 1 heteroatoms. The van der Waals surface area contributed by atoms with Crippen LogP contribution in [-0.2, 0) is 26.3 Å². The summed E-state index contributed by atoms with van der Waals surface area (Å²) in [7, 11) is 2.11. The lowest BCUT2D eigenvalue weighted by Crippen LogP contribution is -2.35. The molecule has 134 valence electrons. The van der Waals surface area contributed by atoms with Crippen LogP contribution in [0.5, 0.6) is 0 Å². The third-order valence-corrected chi connectivity index (χ3v) is 5.83. The van der Waals surface area contributed by atoms with Gasteiger partial charge in [0.05, 0.1) is 12.3 Å². The highest BCUT2D eigenvalue weighted by Crippen LogP contribution is 2.34. The minimum atomic E-state index is 0.621. The van der Waals surface area contributed by atoms with E-state index in [-0.39, 0.29) is 0 Å². The Hall–Kier alpha value is -2.15. The van der Waals surface area contributed by atoms with Gasteiger partial charge in [-0.2, -0.15) is 4.57 Å². The number of hydrogen-bond donors (Lipinski definition) is 0. The molecule has 1 heterocycles. The summed E-state index contributed by atoms with van der Waals surface area (Å²) in [6.45, 7) is 8.81. The summed E-state index contributed by atoms with van der Waals surface area (Å²) < 4.78 is 10.9. The molecule has 0 saturated heterocycles. The van der Waals surface area contributed by atoms with Gasteiger partial charge in [-0.1, -0.05) is 32.0 Å². The van der Waals surface area contributed by atoms with Gasteiger partial charge >= 0.3 is 0 Å². The largest absolute Gasteiger partial charge is 0.220 e. The van der Waals surface area contributed by atoms with Crippen molar-refractivity contribution in [1.82, 2.24) is 0 Å². The predicted molar refractivity (Wildman–Crippen MR) is 111 cm³/mol. The lowest BCUT2D eigenvalue weighted by molar-refractivity contribution is -0.665. The van der Waals surface area contributed by atoms with Crippen molar-refractivity contribution in [3.8, 4) is 11.3 Å². The molecule has 1 aliphatic rings. The maximum Gasteiger partial charge on any atom is 0.220 e. The second-order valence-electron chi connectivity index (χ2n) is 8.39. The number of benzene rings is 2. The molecule has 1 nitrogen and oxygen atoms in total. The van der Waals surface area contributed by atoms with Crippen LogP contribution in [0.15, 0.2) is 36.4 Å². The molecule has 0 aliphatic heterocycles. The predicted octanol–water partition coefficient (Wildman–Crippen LogP) is 5.64. The van der Waals surface area contributed by atoms with Crippen LogP contribution in [0.4, 0.5) is 0 Å². The van der Waals surface area contributed by atoms with E-state index in [1.165, 1.54) is 58.2 Å². The number of pyridine rings is 1. The van der Waals surface area contributed by atoms with Crippen LogP contribution in [0.25, 0.3) is 22.0 Å². The van der Waals surface area contributed by atoms with Gasteiger partial charge in [-0.05, 0) is 78.3 Å². The Morgan fingerprint density at radius 1 is 1.08 bits per heavy atom.